The van der Waals surface area contributed by atoms with E-state index in [0.717, 1.165) is 30.4 Å². The van der Waals surface area contributed by atoms with Crippen LogP contribution in [0.15, 0.2) is 42.5 Å². The summed E-state index contributed by atoms with van der Waals surface area (Å²) in [7, 11) is 0. The van der Waals surface area contributed by atoms with Crippen LogP contribution >= 0.6 is 11.6 Å². The van der Waals surface area contributed by atoms with Crippen molar-refractivity contribution in [1.29, 1.82) is 0 Å². The highest BCUT2D eigenvalue weighted by molar-refractivity contribution is 6.32. The van der Waals surface area contributed by atoms with E-state index in [1.165, 1.54) is 25.7 Å². The van der Waals surface area contributed by atoms with Gasteiger partial charge >= 0.3 is 5.97 Å². The Morgan fingerprint density at radius 3 is 2.27 bits per heavy atom. The van der Waals surface area contributed by atoms with Gasteiger partial charge in [0.05, 0.1) is 11.6 Å². The van der Waals surface area contributed by atoms with Gasteiger partial charge in [0, 0.05) is 6.42 Å². The summed E-state index contributed by atoms with van der Waals surface area (Å²) in [5.41, 5.74) is 2.02. The van der Waals surface area contributed by atoms with Gasteiger partial charge in [-0.15, -0.1) is 0 Å². The van der Waals surface area contributed by atoms with Crippen LogP contribution in [-0.4, -0.2) is 12.6 Å². The molecule has 0 N–H and O–H groups in total. The Labute approximate surface area is 186 Å². The SMILES string of the molecule is CCCCCCCCC(=O)Oc1ccc(-c2ccc(OC[C@@H](C)CC)c(Cl)c2)cc1. The number of unbranched alkanes of at least 4 members (excludes halogenated alkanes) is 5. The molecule has 2 rings (SSSR count). The van der Waals surface area contributed by atoms with E-state index < -0.39 is 0 Å². The first kappa shape index (κ1) is 24.3. The Hall–Kier alpha value is -2.00. The summed E-state index contributed by atoms with van der Waals surface area (Å²) in [6.45, 7) is 7.17. The monoisotopic (exact) mass is 430 g/mol. The number of carbonyl (C=O) groups is 1. The molecule has 30 heavy (non-hydrogen) atoms. The van der Waals surface area contributed by atoms with Crippen molar-refractivity contribution in [2.24, 2.45) is 5.92 Å². The maximum atomic E-state index is 12.0. The highest BCUT2D eigenvalue weighted by Crippen LogP contribution is 2.31. The molecule has 1 atom stereocenters. The third-order valence-corrected chi connectivity index (χ3v) is 5.60. The average Bonchev–Trinajstić information content (AvgIpc) is 2.75. The molecule has 3 nitrogen and oxygen atoms in total. The van der Waals surface area contributed by atoms with Gasteiger partial charge < -0.3 is 9.47 Å². The molecule has 0 aromatic heterocycles. The lowest BCUT2D eigenvalue weighted by atomic mass is 10.1. The molecule has 0 saturated carbocycles. The summed E-state index contributed by atoms with van der Waals surface area (Å²) in [6.07, 6.45) is 8.49. The zero-order valence-corrected chi connectivity index (χ0v) is 19.3. The zero-order valence-electron chi connectivity index (χ0n) is 18.6. The lowest BCUT2D eigenvalue weighted by Gasteiger charge is -2.13. The normalized spacial score (nSPS) is 11.9. The summed E-state index contributed by atoms with van der Waals surface area (Å²) in [6, 6.07) is 13.4. The third kappa shape index (κ3) is 8.39. The van der Waals surface area contributed by atoms with Crippen LogP contribution in [0.5, 0.6) is 11.5 Å². The van der Waals surface area contributed by atoms with Crippen molar-refractivity contribution in [2.75, 3.05) is 6.61 Å². The van der Waals surface area contributed by atoms with Crippen molar-refractivity contribution in [3.8, 4) is 22.6 Å². The molecule has 0 radical (unpaired) electrons. The van der Waals surface area contributed by atoms with E-state index in [1.807, 2.05) is 42.5 Å². The first-order valence-electron chi connectivity index (χ1n) is 11.3. The molecule has 164 valence electrons. The van der Waals surface area contributed by atoms with Crippen molar-refractivity contribution < 1.29 is 14.3 Å². The summed E-state index contributed by atoms with van der Waals surface area (Å²) in [5, 5.41) is 0.602. The van der Waals surface area contributed by atoms with Gasteiger partial charge in [-0.2, -0.15) is 0 Å². The number of ether oxygens (including phenoxy) is 2. The quantitative estimate of drug-likeness (QED) is 0.183. The van der Waals surface area contributed by atoms with Crippen LogP contribution in [0.3, 0.4) is 0 Å². The molecule has 0 aliphatic carbocycles. The van der Waals surface area contributed by atoms with E-state index in [2.05, 4.69) is 20.8 Å². The van der Waals surface area contributed by atoms with Crippen molar-refractivity contribution in [1.82, 2.24) is 0 Å². The van der Waals surface area contributed by atoms with Crippen LogP contribution in [0.1, 0.15) is 72.1 Å². The molecule has 0 bridgehead atoms. The van der Waals surface area contributed by atoms with E-state index in [1.54, 1.807) is 0 Å². The molecule has 0 unspecified atom stereocenters. The van der Waals surface area contributed by atoms with Gasteiger partial charge in [-0.3, -0.25) is 4.79 Å². The predicted molar refractivity (Wildman–Crippen MR) is 125 cm³/mol. The van der Waals surface area contributed by atoms with Gasteiger partial charge in [-0.05, 0) is 47.7 Å². The van der Waals surface area contributed by atoms with Crippen LogP contribution in [-0.2, 0) is 4.79 Å². The second kappa shape index (κ2) is 13.3. The Balaban J connectivity index is 1.85. The van der Waals surface area contributed by atoms with E-state index >= 15 is 0 Å². The second-order valence-electron chi connectivity index (χ2n) is 7.99. The fraction of sp³-hybridized carbons (Fsp3) is 0.500. The van der Waals surface area contributed by atoms with Crippen LogP contribution < -0.4 is 9.47 Å². The van der Waals surface area contributed by atoms with Crippen LogP contribution in [0.2, 0.25) is 5.02 Å². The Kier molecular flexibility index (Phi) is 10.8. The topological polar surface area (TPSA) is 35.5 Å². The molecule has 0 aliphatic heterocycles. The first-order valence-corrected chi connectivity index (χ1v) is 11.6. The number of carbonyl (C=O) groups excluding carboxylic acids is 1. The summed E-state index contributed by atoms with van der Waals surface area (Å²) in [4.78, 5) is 12.0. The van der Waals surface area contributed by atoms with Gasteiger partial charge in [0.2, 0.25) is 0 Å². The molecule has 0 heterocycles. The second-order valence-corrected chi connectivity index (χ2v) is 8.39. The Morgan fingerprint density at radius 2 is 1.60 bits per heavy atom. The fourth-order valence-corrected chi connectivity index (χ4v) is 3.33. The Bertz CT molecular complexity index is 770. The number of rotatable bonds is 13. The van der Waals surface area contributed by atoms with Gasteiger partial charge in [0.25, 0.3) is 0 Å². The molecule has 0 saturated heterocycles. The van der Waals surface area contributed by atoms with E-state index in [0.29, 0.717) is 35.5 Å². The van der Waals surface area contributed by atoms with Crippen LogP contribution in [0, 0.1) is 5.92 Å². The highest BCUT2D eigenvalue weighted by atomic mass is 35.5. The number of benzene rings is 2. The van der Waals surface area contributed by atoms with Crippen molar-refractivity contribution in [2.45, 2.75) is 72.1 Å². The number of esters is 1. The van der Waals surface area contributed by atoms with Crippen molar-refractivity contribution in [3.05, 3.63) is 47.5 Å². The summed E-state index contributed by atoms with van der Waals surface area (Å²) < 4.78 is 11.3. The number of halogens is 1. The van der Waals surface area contributed by atoms with Crippen molar-refractivity contribution >= 4 is 17.6 Å². The molecule has 0 fully saturated rings. The van der Waals surface area contributed by atoms with E-state index in [9.17, 15) is 4.79 Å². The standard InChI is InChI=1S/C26H35ClO3/c1-4-6-7-8-9-10-11-26(28)30-23-15-12-21(13-16-23)22-14-17-25(24(27)18-22)29-19-20(3)5-2/h12-18,20H,4-11,19H2,1-3H3/t20-/m0/s1. The lowest BCUT2D eigenvalue weighted by molar-refractivity contribution is -0.134. The van der Waals surface area contributed by atoms with E-state index in [4.69, 9.17) is 21.1 Å². The van der Waals surface area contributed by atoms with Crippen LogP contribution in [0.4, 0.5) is 0 Å². The molecule has 0 aliphatic rings. The van der Waals surface area contributed by atoms with Crippen LogP contribution in [0.25, 0.3) is 11.1 Å². The maximum absolute atomic E-state index is 12.0. The van der Waals surface area contributed by atoms with Gasteiger partial charge in [0.1, 0.15) is 11.5 Å². The summed E-state index contributed by atoms with van der Waals surface area (Å²) >= 11 is 6.40. The molecule has 2 aromatic rings. The third-order valence-electron chi connectivity index (χ3n) is 5.31. The molecule has 0 spiro atoms. The predicted octanol–water partition coefficient (Wildman–Crippen LogP) is 8.09. The van der Waals surface area contributed by atoms with Gasteiger partial charge in [-0.1, -0.05) is 89.1 Å². The largest absolute Gasteiger partial charge is 0.492 e. The maximum Gasteiger partial charge on any atom is 0.311 e. The molecule has 0 amide bonds. The fourth-order valence-electron chi connectivity index (χ4n) is 3.09. The molecular formula is C26H35ClO3. The van der Waals surface area contributed by atoms with E-state index in [-0.39, 0.29) is 5.97 Å². The molecule has 2 aromatic carbocycles. The minimum atomic E-state index is -0.163. The van der Waals surface area contributed by atoms with Crippen molar-refractivity contribution in [3.63, 3.8) is 0 Å². The summed E-state index contributed by atoms with van der Waals surface area (Å²) in [5.74, 6) is 1.62. The molecule has 4 heteroatoms. The molecular weight excluding hydrogens is 396 g/mol. The zero-order chi connectivity index (χ0) is 21.8. The lowest BCUT2D eigenvalue weighted by Crippen LogP contribution is -2.07. The Morgan fingerprint density at radius 1 is 0.933 bits per heavy atom. The highest BCUT2D eigenvalue weighted by Gasteiger charge is 2.09. The number of hydrogen-bond acceptors (Lipinski definition) is 3. The minimum Gasteiger partial charge on any atom is -0.492 e. The first-order chi connectivity index (χ1) is 14.5. The average molecular weight is 431 g/mol. The van der Waals surface area contributed by atoms with Gasteiger partial charge in [0.15, 0.2) is 0 Å². The number of hydrogen-bond donors (Lipinski definition) is 0. The van der Waals surface area contributed by atoms with Gasteiger partial charge in [-0.25, -0.2) is 0 Å². The minimum absolute atomic E-state index is 0.163. The smallest absolute Gasteiger partial charge is 0.311 e.